The molecule has 0 spiro atoms. The molecular formula is C7H14N2O2. The lowest BCUT2D eigenvalue weighted by atomic mass is 10.4. The minimum absolute atomic E-state index is 0.124. The summed E-state index contributed by atoms with van der Waals surface area (Å²) in [5.74, 6) is 0.286. The van der Waals surface area contributed by atoms with Crippen molar-refractivity contribution in [3.8, 4) is 0 Å². The SMILES string of the molecule is CNC(=O)[C@H]1C[C@H]1NCOC. The van der Waals surface area contributed by atoms with E-state index in [1.807, 2.05) is 0 Å². The van der Waals surface area contributed by atoms with Gasteiger partial charge in [-0.15, -0.1) is 0 Å². The van der Waals surface area contributed by atoms with Crippen LogP contribution in [0.4, 0.5) is 0 Å². The first-order valence-corrected chi connectivity index (χ1v) is 3.73. The first kappa shape index (κ1) is 8.49. The fourth-order valence-electron chi connectivity index (χ4n) is 1.09. The maximum Gasteiger partial charge on any atom is 0.224 e. The second-order valence-corrected chi connectivity index (χ2v) is 2.70. The van der Waals surface area contributed by atoms with Gasteiger partial charge in [-0.05, 0) is 6.42 Å². The van der Waals surface area contributed by atoms with Gasteiger partial charge in [0.15, 0.2) is 0 Å². The van der Waals surface area contributed by atoms with E-state index in [4.69, 9.17) is 4.74 Å². The lowest BCUT2D eigenvalue weighted by Crippen LogP contribution is -2.27. The Labute approximate surface area is 66.3 Å². The van der Waals surface area contributed by atoms with Crippen molar-refractivity contribution in [2.24, 2.45) is 5.92 Å². The molecule has 0 bridgehead atoms. The lowest BCUT2D eigenvalue weighted by Gasteiger charge is -2.00. The maximum absolute atomic E-state index is 11.0. The van der Waals surface area contributed by atoms with Crippen molar-refractivity contribution in [3.05, 3.63) is 0 Å². The van der Waals surface area contributed by atoms with E-state index in [0.717, 1.165) is 6.42 Å². The molecule has 1 aliphatic carbocycles. The van der Waals surface area contributed by atoms with Crippen LogP contribution < -0.4 is 10.6 Å². The number of rotatable bonds is 4. The molecule has 1 aliphatic rings. The van der Waals surface area contributed by atoms with Crippen molar-refractivity contribution in [3.63, 3.8) is 0 Å². The summed E-state index contributed by atoms with van der Waals surface area (Å²) in [4.78, 5) is 11.0. The Kier molecular flexibility index (Phi) is 2.84. The van der Waals surface area contributed by atoms with E-state index in [9.17, 15) is 4.79 Å². The van der Waals surface area contributed by atoms with Gasteiger partial charge in [0, 0.05) is 20.2 Å². The molecule has 0 aromatic carbocycles. The average molecular weight is 158 g/mol. The Bertz CT molecular complexity index is 149. The number of carbonyl (C=O) groups excluding carboxylic acids is 1. The van der Waals surface area contributed by atoms with Gasteiger partial charge < -0.3 is 10.1 Å². The van der Waals surface area contributed by atoms with Crippen molar-refractivity contribution in [2.45, 2.75) is 12.5 Å². The van der Waals surface area contributed by atoms with E-state index in [1.165, 1.54) is 0 Å². The quantitative estimate of drug-likeness (QED) is 0.533. The maximum atomic E-state index is 11.0. The standard InChI is InChI=1S/C7H14N2O2/c1-8-7(10)5-3-6(5)9-4-11-2/h5-6,9H,3-4H2,1-2H3,(H,8,10)/t5-,6+/m0/s1. The first-order valence-electron chi connectivity index (χ1n) is 3.73. The number of nitrogens with one attached hydrogen (secondary N) is 2. The average Bonchev–Trinajstić information content (AvgIpc) is 2.78. The topological polar surface area (TPSA) is 50.4 Å². The van der Waals surface area contributed by atoms with Gasteiger partial charge in [-0.1, -0.05) is 0 Å². The third-order valence-electron chi connectivity index (χ3n) is 1.86. The molecule has 64 valence electrons. The summed E-state index contributed by atoms with van der Waals surface area (Å²) in [5, 5.41) is 5.70. The number of amides is 1. The Hall–Kier alpha value is -0.610. The molecule has 2 N–H and O–H groups in total. The van der Waals surface area contributed by atoms with Crippen LogP contribution in [0.5, 0.6) is 0 Å². The van der Waals surface area contributed by atoms with Gasteiger partial charge in [-0.25, -0.2) is 0 Å². The zero-order valence-corrected chi connectivity index (χ0v) is 6.89. The molecule has 1 amide bonds. The summed E-state index contributed by atoms with van der Waals surface area (Å²) in [6.45, 7) is 0.526. The second-order valence-electron chi connectivity index (χ2n) is 2.70. The molecule has 0 saturated heterocycles. The summed E-state index contributed by atoms with van der Waals surface area (Å²) >= 11 is 0. The Morgan fingerprint density at radius 1 is 1.73 bits per heavy atom. The lowest BCUT2D eigenvalue weighted by molar-refractivity contribution is -0.121. The molecule has 1 fully saturated rings. The zero-order chi connectivity index (χ0) is 8.27. The van der Waals surface area contributed by atoms with Gasteiger partial charge in [-0.3, -0.25) is 10.1 Å². The Morgan fingerprint density at radius 2 is 2.45 bits per heavy atom. The van der Waals surface area contributed by atoms with E-state index in [2.05, 4.69) is 10.6 Å². The molecule has 2 atom stereocenters. The van der Waals surface area contributed by atoms with E-state index in [0.29, 0.717) is 12.8 Å². The third-order valence-corrected chi connectivity index (χ3v) is 1.86. The van der Waals surface area contributed by atoms with Gasteiger partial charge in [0.1, 0.15) is 0 Å². The van der Waals surface area contributed by atoms with Crippen LogP contribution in [0.25, 0.3) is 0 Å². The molecule has 0 unspecified atom stereocenters. The van der Waals surface area contributed by atoms with E-state index in [-0.39, 0.29) is 11.8 Å². The van der Waals surface area contributed by atoms with E-state index < -0.39 is 0 Å². The molecule has 0 heterocycles. The number of hydrogen-bond donors (Lipinski definition) is 2. The van der Waals surface area contributed by atoms with Crippen LogP contribution in [-0.4, -0.2) is 32.8 Å². The van der Waals surface area contributed by atoms with Crippen molar-refractivity contribution in [1.82, 2.24) is 10.6 Å². The van der Waals surface area contributed by atoms with Crippen LogP contribution in [0.15, 0.2) is 0 Å². The molecule has 0 radical (unpaired) electrons. The van der Waals surface area contributed by atoms with Crippen LogP contribution in [-0.2, 0) is 9.53 Å². The van der Waals surface area contributed by atoms with Gasteiger partial charge in [0.25, 0.3) is 0 Å². The smallest absolute Gasteiger partial charge is 0.224 e. The molecule has 0 aromatic rings. The molecule has 4 heteroatoms. The highest BCUT2D eigenvalue weighted by Gasteiger charge is 2.41. The molecule has 11 heavy (non-hydrogen) atoms. The summed E-state index contributed by atoms with van der Waals surface area (Å²) in [7, 11) is 3.29. The fourth-order valence-corrected chi connectivity index (χ4v) is 1.09. The number of methoxy groups -OCH3 is 1. The first-order chi connectivity index (χ1) is 5.29. The van der Waals surface area contributed by atoms with Gasteiger partial charge in [0.05, 0.1) is 12.6 Å². The Morgan fingerprint density at radius 3 is 3.00 bits per heavy atom. The summed E-state index contributed by atoms with van der Waals surface area (Å²) < 4.78 is 4.81. The van der Waals surface area contributed by atoms with Crippen molar-refractivity contribution < 1.29 is 9.53 Å². The highest BCUT2D eigenvalue weighted by molar-refractivity contribution is 5.81. The predicted octanol–water partition coefficient (Wildman–Crippen LogP) is -0.686. The molecule has 1 rings (SSSR count). The van der Waals surface area contributed by atoms with E-state index in [1.54, 1.807) is 14.2 Å². The summed E-state index contributed by atoms with van der Waals surface area (Å²) in [5.41, 5.74) is 0. The Balaban J connectivity index is 2.11. The minimum atomic E-state index is 0.124. The summed E-state index contributed by atoms with van der Waals surface area (Å²) in [6, 6.07) is 0.329. The van der Waals surface area contributed by atoms with Crippen LogP contribution in [0.1, 0.15) is 6.42 Å². The minimum Gasteiger partial charge on any atom is -0.370 e. The van der Waals surface area contributed by atoms with Crippen LogP contribution >= 0.6 is 0 Å². The molecule has 1 saturated carbocycles. The van der Waals surface area contributed by atoms with Crippen molar-refractivity contribution >= 4 is 5.91 Å². The van der Waals surface area contributed by atoms with Crippen LogP contribution in [0.2, 0.25) is 0 Å². The van der Waals surface area contributed by atoms with E-state index >= 15 is 0 Å². The molecule has 0 aromatic heterocycles. The van der Waals surface area contributed by atoms with Gasteiger partial charge in [-0.2, -0.15) is 0 Å². The van der Waals surface area contributed by atoms with Crippen molar-refractivity contribution in [1.29, 1.82) is 0 Å². The molecular weight excluding hydrogens is 144 g/mol. The van der Waals surface area contributed by atoms with Gasteiger partial charge >= 0.3 is 0 Å². The highest BCUT2D eigenvalue weighted by atomic mass is 16.5. The fraction of sp³-hybridized carbons (Fsp3) is 0.857. The van der Waals surface area contributed by atoms with Crippen molar-refractivity contribution in [2.75, 3.05) is 20.9 Å². The molecule has 4 nitrogen and oxygen atoms in total. The third kappa shape index (κ3) is 2.17. The summed E-state index contributed by atoms with van der Waals surface area (Å²) in [6.07, 6.45) is 0.934. The van der Waals surface area contributed by atoms with Gasteiger partial charge in [0.2, 0.25) is 5.91 Å². The number of hydrogen-bond acceptors (Lipinski definition) is 3. The number of carbonyl (C=O) groups is 1. The highest BCUT2D eigenvalue weighted by Crippen LogP contribution is 2.29. The largest absolute Gasteiger partial charge is 0.370 e. The zero-order valence-electron chi connectivity index (χ0n) is 6.89. The van der Waals surface area contributed by atoms with Crippen LogP contribution in [0.3, 0.4) is 0 Å². The monoisotopic (exact) mass is 158 g/mol. The van der Waals surface area contributed by atoms with Crippen LogP contribution in [0, 0.1) is 5.92 Å². The second kappa shape index (κ2) is 3.69. The predicted molar refractivity (Wildman–Crippen MR) is 41.0 cm³/mol. The molecule has 0 aliphatic heterocycles. The normalized spacial score (nSPS) is 28.2. The number of ether oxygens (including phenoxy) is 1.